The van der Waals surface area contributed by atoms with Gasteiger partial charge in [-0.25, -0.2) is 0 Å². The standard InChI is InChI=1S/C21H30N4/c1-17(2)8-7-9-18(3)16-24-13-12-20-22-23-21(25(20)15-14-24)19-10-5-4-6-11-19/h4-6,8,10-11,18H,7,9,12-16H2,1-3H3. The van der Waals surface area contributed by atoms with Gasteiger partial charge in [-0.3, -0.25) is 0 Å². The fourth-order valence-electron chi connectivity index (χ4n) is 3.54. The third-order valence-electron chi connectivity index (χ3n) is 4.93. The topological polar surface area (TPSA) is 34.0 Å². The summed E-state index contributed by atoms with van der Waals surface area (Å²) in [7, 11) is 0. The van der Waals surface area contributed by atoms with E-state index in [9.17, 15) is 0 Å². The van der Waals surface area contributed by atoms with E-state index in [0.717, 1.165) is 49.2 Å². The second-order valence-corrected chi connectivity index (χ2v) is 7.47. The van der Waals surface area contributed by atoms with Crippen LogP contribution in [0.4, 0.5) is 0 Å². The van der Waals surface area contributed by atoms with E-state index in [0.29, 0.717) is 0 Å². The van der Waals surface area contributed by atoms with Crippen LogP contribution < -0.4 is 0 Å². The molecule has 4 nitrogen and oxygen atoms in total. The van der Waals surface area contributed by atoms with Crippen molar-refractivity contribution in [3.05, 3.63) is 47.8 Å². The number of fused-ring (bicyclic) bond motifs is 1. The van der Waals surface area contributed by atoms with Gasteiger partial charge in [0.15, 0.2) is 5.82 Å². The van der Waals surface area contributed by atoms with Crippen LogP contribution in [0.3, 0.4) is 0 Å². The van der Waals surface area contributed by atoms with Gasteiger partial charge >= 0.3 is 0 Å². The molecule has 0 aliphatic carbocycles. The second-order valence-electron chi connectivity index (χ2n) is 7.47. The molecular formula is C21H30N4. The zero-order valence-corrected chi connectivity index (χ0v) is 15.8. The van der Waals surface area contributed by atoms with Crippen LogP contribution in [0.5, 0.6) is 0 Å². The van der Waals surface area contributed by atoms with Crippen LogP contribution in [-0.4, -0.2) is 39.3 Å². The van der Waals surface area contributed by atoms with Crippen LogP contribution in [-0.2, 0) is 13.0 Å². The fraction of sp³-hybridized carbons (Fsp3) is 0.524. The van der Waals surface area contributed by atoms with Crippen molar-refractivity contribution in [3.8, 4) is 11.4 Å². The van der Waals surface area contributed by atoms with Crippen molar-refractivity contribution in [1.29, 1.82) is 0 Å². The quantitative estimate of drug-likeness (QED) is 0.741. The molecule has 0 spiro atoms. The summed E-state index contributed by atoms with van der Waals surface area (Å²) in [5, 5.41) is 8.89. The Morgan fingerprint density at radius 2 is 1.92 bits per heavy atom. The van der Waals surface area contributed by atoms with Crippen molar-refractivity contribution >= 4 is 0 Å². The summed E-state index contributed by atoms with van der Waals surface area (Å²) < 4.78 is 2.31. The minimum absolute atomic E-state index is 0.729. The molecule has 2 aromatic rings. The van der Waals surface area contributed by atoms with E-state index in [1.807, 2.05) is 6.07 Å². The van der Waals surface area contributed by atoms with Crippen molar-refractivity contribution in [2.75, 3.05) is 19.6 Å². The summed E-state index contributed by atoms with van der Waals surface area (Å²) >= 11 is 0. The molecule has 0 bridgehead atoms. The Morgan fingerprint density at radius 3 is 2.68 bits per heavy atom. The van der Waals surface area contributed by atoms with Crippen molar-refractivity contribution in [1.82, 2.24) is 19.7 Å². The number of benzene rings is 1. The summed E-state index contributed by atoms with van der Waals surface area (Å²) in [6, 6.07) is 10.4. The molecule has 1 aliphatic heterocycles. The first kappa shape index (κ1) is 17.9. The van der Waals surface area contributed by atoms with Crippen LogP contribution in [0.2, 0.25) is 0 Å². The maximum absolute atomic E-state index is 4.45. The number of rotatable bonds is 6. The van der Waals surface area contributed by atoms with Gasteiger partial charge in [0.25, 0.3) is 0 Å². The molecule has 25 heavy (non-hydrogen) atoms. The predicted octanol–water partition coefficient (Wildman–Crippen LogP) is 4.19. The molecule has 0 radical (unpaired) electrons. The van der Waals surface area contributed by atoms with Crippen molar-refractivity contribution < 1.29 is 0 Å². The monoisotopic (exact) mass is 338 g/mol. The third kappa shape index (κ3) is 4.79. The first-order chi connectivity index (χ1) is 12.1. The summed E-state index contributed by atoms with van der Waals surface area (Å²) in [5.74, 6) is 2.86. The van der Waals surface area contributed by atoms with Crippen LogP contribution in [0, 0.1) is 5.92 Å². The molecule has 0 N–H and O–H groups in total. The van der Waals surface area contributed by atoms with Crippen LogP contribution in [0.15, 0.2) is 42.0 Å². The molecule has 1 aromatic carbocycles. The van der Waals surface area contributed by atoms with E-state index in [-0.39, 0.29) is 0 Å². The fourth-order valence-corrected chi connectivity index (χ4v) is 3.54. The van der Waals surface area contributed by atoms with Gasteiger partial charge in [-0.05, 0) is 32.6 Å². The molecule has 1 aliphatic rings. The lowest BCUT2D eigenvalue weighted by Gasteiger charge is -2.23. The Hall–Kier alpha value is -1.94. The average Bonchev–Trinajstić information content (AvgIpc) is 2.90. The van der Waals surface area contributed by atoms with Gasteiger partial charge in [0.1, 0.15) is 5.82 Å². The predicted molar refractivity (Wildman–Crippen MR) is 103 cm³/mol. The van der Waals surface area contributed by atoms with E-state index in [1.165, 1.54) is 25.0 Å². The van der Waals surface area contributed by atoms with Gasteiger partial charge in [-0.15, -0.1) is 10.2 Å². The Kier molecular flexibility index (Phi) is 6.03. The Bertz CT molecular complexity index is 698. The molecule has 0 saturated heterocycles. The minimum atomic E-state index is 0.729. The second kappa shape index (κ2) is 8.43. The minimum Gasteiger partial charge on any atom is -0.310 e. The first-order valence-corrected chi connectivity index (χ1v) is 9.46. The smallest absolute Gasteiger partial charge is 0.164 e. The molecular weight excluding hydrogens is 308 g/mol. The highest BCUT2D eigenvalue weighted by atomic mass is 15.3. The highest BCUT2D eigenvalue weighted by molar-refractivity contribution is 5.55. The van der Waals surface area contributed by atoms with Crippen molar-refractivity contribution in [2.24, 2.45) is 5.92 Å². The number of hydrogen-bond donors (Lipinski definition) is 0. The number of nitrogens with zero attached hydrogens (tertiary/aromatic N) is 4. The largest absolute Gasteiger partial charge is 0.310 e. The first-order valence-electron chi connectivity index (χ1n) is 9.46. The molecule has 1 aromatic heterocycles. The molecule has 1 unspecified atom stereocenters. The highest BCUT2D eigenvalue weighted by Gasteiger charge is 2.20. The molecule has 0 saturated carbocycles. The van der Waals surface area contributed by atoms with E-state index < -0.39 is 0 Å². The molecule has 0 amide bonds. The van der Waals surface area contributed by atoms with E-state index in [2.05, 4.69) is 70.8 Å². The highest BCUT2D eigenvalue weighted by Crippen LogP contribution is 2.20. The summed E-state index contributed by atoms with van der Waals surface area (Å²) in [6.45, 7) is 11.1. The average molecular weight is 338 g/mol. The zero-order valence-electron chi connectivity index (χ0n) is 15.8. The van der Waals surface area contributed by atoms with Gasteiger partial charge in [0.2, 0.25) is 0 Å². The number of hydrogen-bond acceptors (Lipinski definition) is 3. The van der Waals surface area contributed by atoms with E-state index in [1.54, 1.807) is 0 Å². The van der Waals surface area contributed by atoms with Crippen molar-refractivity contribution in [2.45, 2.75) is 46.6 Å². The van der Waals surface area contributed by atoms with Crippen LogP contribution >= 0.6 is 0 Å². The normalized spacial score (nSPS) is 16.1. The summed E-state index contributed by atoms with van der Waals surface area (Å²) in [6.07, 6.45) is 5.80. The SMILES string of the molecule is CC(C)=CCCC(C)CN1CCc2nnc(-c3ccccc3)n2CC1. The lowest BCUT2D eigenvalue weighted by Crippen LogP contribution is -2.31. The van der Waals surface area contributed by atoms with Gasteiger partial charge in [-0.1, -0.05) is 48.9 Å². The zero-order chi connectivity index (χ0) is 17.6. The van der Waals surface area contributed by atoms with Gasteiger partial charge in [0, 0.05) is 38.2 Å². The lowest BCUT2D eigenvalue weighted by molar-refractivity contribution is 0.237. The van der Waals surface area contributed by atoms with E-state index in [4.69, 9.17) is 0 Å². The Morgan fingerprint density at radius 1 is 1.12 bits per heavy atom. The van der Waals surface area contributed by atoms with Gasteiger partial charge < -0.3 is 9.47 Å². The molecule has 1 atom stereocenters. The van der Waals surface area contributed by atoms with E-state index >= 15 is 0 Å². The van der Waals surface area contributed by atoms with Gasteiger partial charge in [0.05, 0.1) is 0 Å². The maximum Gasteiger partial charge on any atom is 0.164 e. The number of allylic oxidation sites excluding steroid dienone is 2. The lowest BCUT2D eigenvalue weighted by atomic mass is 10.0. The van der Waals surface area contributed by atoms with Crippen LogP contribution in [0.1, 0.15) is 39.4 Å². The number of aromatic nitrogens is 3. The third-order valence-corrected chi connectivity index (χ3v) is 4.93. The Balaban J connectivity index is 1.59. The summed E-state index contributed by atoms with van der Waals surface area (Å²) in [5.41, 5.74) is 2.58. The van der Waals surface area contributed by atoms with Crippen molar-refractivity contribution in [3.63, 3.8) is 0 Å². The van der Waals surface area contributed by atoms with Crippen LogP contribution in [0.25, 0.3) is 11.4 Å². The molecule has 0 fully saturated rings. The molecule has 4 heteroatoms. The summed E-state index contributed by atoms with van der Waals surface area (Å²) in [4.78, 5) is 2.59. The maximum atomic E-state index is 4.45. The molecule has 2 heterocycles. The molecule has 3 rings (SSSR count). The van der Waals surface area contributed by atoms with Gasteiger partial charge in [-0.2, -0.15) is 0 Å². The molecule has 134 valence electrons. The Labute approximate surface area is 151 Å².